The van der Waals surface area contributed by atoms with Crippen molar-refractivity contribution < 1.29 is 13.9 Å². The number of rotatable bonds is 4. The van der Waals surface area contributed by atoms with Crippen molar-refractivity contribution in [1.29, 1.82) is 0 Å². The zero-order valence-corrected chi connectivity index (χ0v) is 12.9. The molecule has 0 spiro atoms. The van der Waals surface area contributed by atoms with Crippen LogP contribution in [0.2, 0.25) is 0 Å². The van der Waals surface area contributed by atoms with Gasteiger partial charge in [0.2, 0.25) is 5.91 Å². The van der Waals surface area contributed by atoms with Crippen LogP contribution < -0.4 is 5.73 Å². The van der Waals surface area contributed by atoms with Gasteiger partial charge in [-0.25, -0.2) is 4.39 Å². The monoisotopic (exact) mass is 344 g/mol. The highest BCUT2D eigenvalue weighted by molar-refractivity contribution is 9.10. The van der Waals surface area contributed by atoms with E-state index in [-0.39, 0.29) is 23.8 Å². The second kappa shape index (κ2) is 6.65. The van der Waals surface area contributed by atoms with Gasteiger partial charge in [0.15, 0.2) is 0 Å². The van der Waals surface area contributed by atoms with Crippen LogP contribution in [0.25, 0.3) is 0 Å². The number of methoxy groups -OCH3 is 1. The molecule has 0 bridgehead atoms. The summed E-state index contributed by atoms with van der Waals surface area (Å²) >= 11 is 3.18. The maximum absolute atomic E-state index is 13.4. The number of nitrogens with two attached hydrogens (primary N) is 1. The number of likely N-dealkylation sites (tertiary alicyclic amines) is 1. The maximum atomic E-state index is 13.4. The summed E-state index contributed by atoms with van der Waals surface area (Å²) in [5.74, 6) is -0.262. The van der Waals surface area contributed by atoms with Crippen molar-refractivity contribution in [3.8, 4) is 0 Å². The molecule has 20 heavy (non-hydrogen) atoms. The van der Waals surface area contributed by atoms with Crippen LogP contribution >= 0.6 is 15.9 Å². The molecular formula is C14H18BrFN2O2. The van der Waals surface area contributed by atoms with E-state index in [9.17, 15) is 9.18 Å². The Kier molecular flexibility index (Phi) is 5.12. The number of piperidine rings is 1. The molecule has 0 saturated carbocycles. The average molecular weight is 345 g/mol. The molecule has 1 aliphatic heterocycles. The number of hydrogen-bond acceptors (Lipinski definition) is 3. The minimum absolute atomic E-state index is 0.0641. The van der Waals surface area contributed by atoms with E-state index in [2.05, 4.69) is 15.9 Å². The first-order valence-electron chi connectivity index (χ1n) is 6.53. The average Bonchev–Trinajstić information content (AvgIpc) is 2.43. The number of benzene rings is 1. The largest absolute Gasteiger partial charge is 0.383 e. The summed E-state index contributed by atoms with van der Waals surface area (Å²) in [5, 5.41) is 0. The highest BCUT2D eigenvalue weighted by Crippen LogP contribution is 2.32. The Morgan fingerprint density at radius 1 is 1.55 bits per heavy atom. The summed E-state index contributed by atoms with van der Waals surface area (Å²) in [4.78, 5) is 13.8. The summed E-state index contributed by atoms with van der Waals surface area (Å²) in [6.45, 7) is 0.944. The molecule has 4 nitrogen and oxygen atoms in total. The minimum Gasteiger partial charge on any atom is -0.383 e. The highest BCUT2D eigenvalue weighted by atomic mass is 79.9. The molecule has 1 aromatic carbocycles. The molecule has 1 amide bonds. The Bertz CT molecular complexity index is 498. The quantitative estimate of drug-likeness (QED) is 0.911. The van der Waals surface area contributed by atoms with Crippen molar-refractivity contribution in [2.24, 2.45) is 5.73 Å². The van der Waals surface area contributed by atoms with E-state index in [1.165, 1.54) is 6.07 Å². The van der Waals surface area contributed by atoms with Crippen molar-refractivity contribution in [3.05, 3.63) is 34.1 Å². The molecule has 1 heterocycles. The third-order valence-electron chi connectivity index (χ3n) is 3.57. The number of ether oxygens (including phenoxy) is 1. The molecule has 2 N–H and O–H groups in total. The van der Waals surface area contributed by atoms with Gasteiger partial charge in [-0.2, -0.15) is 0 Å². The topological polar surface area (TPSA) is 55.6 Å². The minimum atomic E-state index is -0.326. The van der Waals surface area contributed by atoms with E-state index >= 15 is 0 Å². The van der Waals surface area contributed by atoms with Gasteiger partial charge in [0.1, 0.15) is 5.82 Å². The van der Waals surface area contributed by atoms with Crippen LogP contribution in [-0.4, -0.2) is 37.1 Å². The fraction of sp³-hybridized carbons (Fsp3) is 0.500. The Labute approximate surface area is 126 Å². The Hall–Kier alpha value is -0.980. The van der Waals surface area contributed by atoms with E-state index < -0.39 is 0 Å². The van der Waals surface area contributed by atoms with E-state index in [0.29, 0.717) is 30.5 Å². The van der Waals surface area contributed by atoms with Crippen LogP contribution in [0, 0.1) is 5.82 Å². The Morgan fingerprint density at radius 3 is 2.95 bits per heavy atom. The fourth-order valence-corrected chi connectivity index (χ4v) is 2.95. The van der Waals surface area contributed by atoms with Gasteiger partial charge in [-0.05, 0) is 40.0 Å². The standard InChI is InChI=1S/C14H18BrFN2O2/c1-20-7-6-18-13(19)5-4-12(17)14(18)9-2-3-11(16)10(15)8-9/h2-3,8,12,14H,4-7,17H2,1H3. The number of carbonyl (C=O) groups excluding carboxylic acids is 1. The number of halogens is 2. The summed E-state index contributed by atoms with van der Waals surface area (Å²) in [7, 11) is 1.60. The number of nitrogens with zero attached hydrogens (tertiary/aromatic N) is 1. The fourth-order valence-electron chi connectivity index (χ4n) is 2.55. The lowest BCUT2D eigenvalue weighted by molar-refractivity contribution is -0.138. The van der Waals surface area contributed by atoms with E-state index in [1.807, 2.05) is 0 Å². The summed E-state index contributed by atoms with van der Waals surface area (Å²) < 4.78 is 18.8. The lowest BCUT2D eigenvalue weighted by Gasteiger charge is -2.40. The molecule has 2 rings (SSSR count). The first-order valence-corrected chi connectivity index (χ1v) is 7.33. The normalized spacial score (nSPS) is 23.2. The number of carbonyl (C=O) groups is 1. The zero-order valence-electron chi connectivity index (χ0n) is 11.3. The van der Waals surface area contributed by atoms with Gasteiger partial charge in [-0.1, -0.05) is 6.07 Å². The second-order valence-electron chi connectivity index (χ2n) is 4.90. The third-order valence-corrected chi connectivity index (χ3v) is 4.18. The molecule has 0 radical (unpaired) electrons. The predicted octanol–water partition coefficient (Wildman–Crippen LogP) is 2.23. The summed E-state index contributed by atoms with van der Waals surface area (Å²) in [5.41, 5.74) is 7.02. The van der Waals surface area contributed by atoms with Gasteiger partial charge in [-0.3, -0.25) is 4.79 Å². The molecule has 1 aliphatic rings. The molecule has 1 fully saturated rings. The Balaban J connectivity index is 2.31. The van der Waals surface area contributed by atoms with E-state index in [0.717, 1.165) is 5.56 Å². The smallest absolute Gasteiger partial charge is 0.223 e. The van der Waals surface area contributed by atoms with Crippen molar-refractivity contribution in [2.45, 2.75) is 24.9 Å². The van der Waals surface area contributed by atoms with Crippen LogP contribution in [0.3, 0.4) is 0 Å². The van der Waals surface area contributed by atoms with Gasteiger partial charge in [-0.15, -0.1) is 0 Å². The first kappa shape index (κ1) is 15.4. The number of hydrogen-bond donors (Lipinski definition) is 1. The van der Waals surface area contributed by atoms with Gasteiger partial charge < -0.3 is 15.4 Å². The van der Waals surface area contributed by atoms with Crippen LogP contribution in [0.4, 0.5) is 4.39 Å². The third kappa shape index (κ3) is 3.19. The van der Waals surface area contributed by atoms with Crippen LogP contribution in [0.1, 0.15) is 24.4 Å². The van der Waals surface area contributed by atoms with Gasteiger partial charge >= 0.3 is 0 Å². The molecule has 110 valence electrons. The molecule has 2 unspecified atom stereocenters. The van der Waals surface area contributed by atoms with Crippen molar-refractivity contribution in [3.63, 3.8) is 0 Å². The molecule has 0 aliphatic carbocycles. The van der Waals surface area contributed by atoms with Crippen molar-refractivity contribution in [1.82, 2.24) is 4.90 Å². The molecule has 0 aromatic heterocycles. The SMILES string of the molecule is COCCN1C(=O)CCC(N)C1c1ccc(F)c(Br)c1. The van der Waals surface area contributed by atoms with Crippen molar-refractivity contribution in [2.75, 3.05) is 20.3 Å². The first-order chi connectivity index (χ1) is 9.54. The Morgan fingerprint density at radius 2 is 2.30 bits per heavy atom. The molecule has 2 atom stereocenters. The van der Waals surface area contributed by atoms with Crippen LogP contribution in [0.5, 0.6) is 0 Å². The lowest BCUT2D eigenvalue weighted by Crippen LogP contribution is -2.49. The number of amides is 1. The van der Waals surface area contributed by atoms with Gasteiger partial charge in [0.25, 0.3) is 0 Å². The maximum Gasteiger partial charge on any atom is 0.223 e. The lowest BCUT2D eigenvalue weighted by atomic mass is 9.90. The summed E-state index contributed by atoms with van der Waals surface area (Å²) in [6.07, 6.45) is 1.09. The second-order valence-corrected chi connectivity index (χ2v) is 5.76. The molecule has 1 aromatic rings. The molecule has 1 saturated heterocycles. The van der Waals surface area contributed by atoms with Crippen LogP contribution in [0.15, 0.2) is 22.7 Å². The molecule has 6 heteroatoms. The van der Waals surface area contributed by atoms with Crippen LogP contribution in [-0.2, 0) is 9.53 Å². The van der Waals surface area contributed by atoms with E-state index in [4.69, 9.17) is 10.5 Å². The van der Waals surface area contributed by atoms with Gasteiger partial charge in [0, 0.05) is 26.1 Å². The highest BCUT2D eigenvalue weighted by Gasteiger charge is 2.34. The molecular weight excluding hydrogens is 327 g/mol. The summed E-state index contributed by atoms with van der Waals surface area (Å²) in [6, 6.07) is 4.38. The van der Waals surface area contributed by atoms with E-state index in [1.54, 1.807) is 24.1 Å². The predicted molar refractivity (Wildman–Crippen MR) is 77.6 cm³/mol. The zero-order chi connectivity index (χ0) is 14.7. The van der Waals surface area contributed by atoms with Crippen molar-refractivity contribution >= 4 is 21.8 Å². The van der Waals surface area contributed by atoms with Gasteiger partial charge in [0.05, 0.1) is 17.1 Å².